The monoisotopic (exact) mass is 311 g/mol. The Morgan fingerprint density at radius 3 is 2.78 bits per heavy atom. The van der Waals surface area contributed by atoms with Crippen molar-refractivity contribution < 1.29 is 19.5 Å². The first-order chi connectivity index (χ1) is 11.1. The Balaban J connectivity index is 1.88. The molecule has 1 aliphatic rings. The number of carbonyl (C=O) groups excluding carboxylic acids is 2. The first kappa shape index (κ1) is 15.2. The van der Waals surface area contributed by atoms with Gasteiger partial charge in [0.1, 0.15) is 12.4 Å². The smallest absolute Gasteiger partial charge is 0.245 e. The second kappa shape index (κ2) is 6.22. The summed E-state index contributed by atoms with van der Waals surface area (Å²) in [5.41, 5.74) is 2.88. The number of hydrogen-bond acceptors (Lipinski definition) is 4. The Kier molecular flexibility index (Phi) is 4.12. The van der Waals surface area contributed by atoms with Gasteiger partial charge in [0.2, 0.25) is 5.91 Å². The maximum Gasteiger partial charge on any atom is 0.245 e. The van der Waals surface area contributed by atoms with Gasteiger partial charge in [0.05, 0.1) is 5.56 Å². The van der Waals surface area contributed by atoms with Crippen LogP contribution < -0.4 is 4.74 Å². The molecule has 0 spiro atoms. The molecule has 3 rings (SSSR count). The second-order valence-electron chi connectivity index (χ2n) is 5.52. The van der Waals surface area contributed by atoms with E-state index in [9.17, 15) is 9.59 Å². The number of fused-ring (bicyclic) bond motifs is 2. The molecule has 0 unspecified atom stereocenters. The minimum absolute atomic E-state index is 0.0689. The standard InChI is InChI=1S/C18H17NO4/c1-19(22)17(20)9-7-12-6-8-16-15(10-12)18(21)14-5-3-2-4-13(14)11-23-16/h2-6,8,10,22H,7,9,11H2,1H3. The molecule has 1 heterocycles. The van der Waals surface area contributed by atoms with E-state index in [1.807, 2.05) is 24.3 Å². The van der Waals surface area contributed by atoms with Crippen molar-refractivity contribution in [1.82, 2.24) is 5.06 Å². The fourth-order valence-electron chi connectivity index (χ4n) is 2.62. The zero-order valence-corrected chi connectivity index (χ0v) is 12.8. The van der Waals surface area contributed by atoms with Gasteiger partial charge in [0.25, 0.3) is 0 Å². The highest BCUT2D eigenvalue weighted by molar-refractivity contribution is 6.12. The molecule has 0 bridgehead atoms. The minimum Gasteiger partial charge on any atom is -0.488 e. The van der Waals surface area contributed by atoms with Crippen LogP contribution in [0.5, 0.6) is 5.75 Å². The first-order valence-corrected chi connectivity index (χ1v) is 7.40. The lowest BCUT2D eigenvalue weighted by Crippen LogP contribution is -2.22. The molecule has 2 aromatic rings. The van der Waals surface area contributed by atoms with Crippen LogP contribution in [0.1, 0.15) is 33.5 Å². The second-order valence-corrected chi connectivity index (χ2v) is 5.52. The highest BCUT2D eigenvalue weighted by atomic mass is 16.5. The van der Waals surface area contributed by atoms with Crippen LogP contribution >= 0.6 is 0 Å². The normalized spacial score (nSPS) is 12.7. The third-order valence-electron chi connectivity index (χ3n) is 3.92. The Hall–Kier alpha value is -2.66. The number of ether oxygens (including phenoxy) is 1. The summed E-state index contributed by atoms with van der Waals surface area (Å²) < 4.78 is 5.73. The zero-order chi connectivity index (χ0) is 16.4. The van der Waals surface area contributed by atoms with E-state index in [1.54, 1.807) is 18.2 Å². The molecular formula is C18H17NO4. The van der Waals surface area contributed by atoms with Crippen LogP contribution in [0.15, 0.2) is 42.5 Å². The van der Waals surface area contributed by atoms with Gasteiger partial charge in [-0.1, -0.05) is 30.3 Å². The number of hydroxylamine groups is 2. The van der Waals surface area contributed by atoms with Crippen molar-refractivity contribution in [1.29, 1.82) is 0 Å². The molecule has 0 fully saturated rings. The van der Waals surface area contributed by atoms with E-state index < -0.39 is 0 Å². The van der Waals surface area contributed by atoms with Crippen LogP contribution in [0, 0.1) is 0 Å². The summed E-state index contributed by atoms with van der Waals surface area (Å²) in [6.07, 6.45) is 0.628. The number of aryl methyl sites for hydroxylation is 1. The number of ketones is 1. The number of rotatable bonds is 3. The topological polar surface area (TPSA) is 66.8 Å². The summed E-state index contributed by atoms with van der Waals surface area (Å²) >= 11 is 0. The van der Waals surface area contributed by atoms with E-state index in [4.69, 9.17) is 9.94 Å². The number of nitrogens with zero attached hydrogens (tertiary/aromatic N) is 1. The Bertz CT molecular complexity index is 767. The largest absolute Gasteiger partial charge is 0.488 e. The number of hydrogen-bond donors (Lipinski definition) is 1. The fraction of sp³-hybridized carbons (Fsp3) is 0.222. The molecule has 5 nitrogen and oxygen atoms in total. The summed E-state index contributed by atoms with van der Waals surface area (Å²) in [6.45, 7) is 0.363. The Labute approximate surface area is 134 Å². The van der Waals surface area contributed by atoms with Crippen molar-refractivity contribution in [3.05, 3.63) is 64.7 Å². The van der Waals surface area contributed by atoms with Crippen molar-refractivity contribution in [2.24, 2.45) is 0 Å². The van der Waals surface area contributed by atoms with Crippen LogP contribution in [0.25, 0.3) is 0 Å². The van der Waals surface area contributed by atoms with Gasteiger partial charge in [-0.15, -0.1) is 0 Å². The minimum atomic E-state index is -0.368. The van der Waals surface area contributed by atoms with Gasteiger partial charge in [0.15, 0.2) is 5.78 Å². The van der Waals surface area contributed by atoms with Crippen LogP contribution in [0.2, 0.25) is 0 Å². The van der Waals surface area contributed by atoms with E-state index in [1.165, 1.54) is 7.05 Å². The lowest BCUT2D eigenvalue weighted by atomic mass is 9.97. The molecule has 0 saturated heterocycles. The Morgan fingerprint density at radius 1 is 1.22 bits per heavy atom. The lowest BCUT2D eigenvalue weighted by molar-refractivity contribution is -0.159. The molecule has 0 aromatic heterocycles. The molecular weight excluding hydrogens is 294 g/mol. The van der Waals surface area contributed by atoms with E-state index in [2.05, 4.69) is 0 Å². The van der Waals surface area contributed by atoms with Gasteiger partial charge in [-0.25, -0.2) is 5.06 Å². The van der Waals surface area contributed by atoms with Crippen molar-refractivity contribution in [2.75, 3.05) is 7.05 Å². The van der Waals surface area contributed by atoms with Crippen LogP contribution in [-0.4, -0.2) is 29.0 Å². The number of amides is 1. The molecule has 23 heavy (non-hydrogen) atoms. The van der Waals surface area contributed by atoms with Crippen molar-refractivity contribution in [2.45, 2.75) is 19.4 Å². The molecule has 0 radical (unpaired) electrons. The molecule has 0 saturated carbocycles. The summed E-state index contributed by atoms with van der Waals surface area (Å²) in [6, 6.07) is 12.8. The SMILES string of the molecule is CN(O)C(=O)CCc1ccc2c(c1)C(=O)c1ccccc1CO2. The third-order valence-corrected chi connectivity index (χ3v) is 3.92. The van der Waals surface area contributed by atoms with E-state index >= 15 is 0 Å². The molecule has 118 valence electrons. The highest BCUT2D eigenvalue weighted by Crippen LogP contribution is 2.29. The quantitative estimate of drug-likeness (QED) is 0.699. The summed E-state index contributed by atoms with van der Waals surface area (Å²) in [7, 11) is 1.30. The van der Waals surface area contributed by atoms with Gasteiger partial charge in [-0.3, -0.25) is 14.8 Å². The highest BCUT2D eigenvalue weighted by Gasteiger charge is 2.22. The van der Waals surface area contributed by atoms with Crippen LogP contribution in [0.3, 0.4) is 0 Å². The van der Waals surface area contributed by atoms with Crippen molar-refractivity contribution in [3.8, 4) is 5.75 Å². The molecule has 5 heteroatoms. The number of carbonyl (C=O) groups is 2. The average Bonchev–Trinajstić information content (AvgIpc) is 2.70. The summed E-state index contributed by atoms with van der Waals surface area (Å²) in [4.78, 5) is 24.2. The molecule has 1 aliphatic heterocycles. The predicted octanol–water partition coefficient (Wildman–Crippen LogP) is 2.59. The Morgan fingerprint density at radius 2 is 2.00 bits per heavy atom. The summed E-state index contributed by atoms with van der Waals surface area (Å²) in [5, 5.41) is 9.67. The maximum absolute atomic E-state index is 12.7. The van der Waals surface area contributed by atoms with Gasteiger partial charge in [-0.05, 0) is 24.1 Å². The predicted molar refractivity (Wildman–Crippen MR) is 83.5 cm³/mol. The molecule has 1 amide bonds. The summed E-state index contributed by atoms with van der Waals surface area (Å²) in [5.74, 6) is 0.119. The third kappa shape index (κ3) is 3.10. The molecule has 0 atom stereocenters. The lowest BCUT2D eigenvalue weighted by Gasteiger charge is -2.10. The first-order valence-electron chi connectivity index (χ1n) is 7.40. The van der Waals surface area contributed by atoms with E-state index in [0.29, 0.717) is 35.0 Å². The molecule has 1 N–H and O–H groups in total. The zero-order valence-electron chi connectivity index (χ0n) is 12.8. The van der Waals surface area contributed by atoms with Gasteiger partial charge < -0.3 is 4.74 Å². The number of benzene rings is 2. The molecule has 0 aliphatic carbocycles. The van der Waals surface area contributed by atoms with Gasteiger partial charge in [-0.2, -0.15) is 0 Å². The van der Waals surface area contributed by atoms with Crippen molar-refractivity contribution >= 4 is 11.7 Å². The van der Waals surface area contributed by atoms with E-state index in [0.717, 1.165) is 11.1 Å². The van der Waals surface area contributed by atoms with Crippen LogP contribution in [0.4, 0.5) is 0 Å². The van der Waals surface area contributed by atoms with Gasteiger partial charge >= 0.3 is 0 Å². The van der Waals surface area contributed by atoms with E-state index in [-0.39, 0.29) is 18.1 Å². The molecule has 2 aromatic carbocycles. The van der Waals surface area contributed by atoms with Crippen molar-refractivity contribution in [3.63, 3.8) is 0 Å². The average molecular weight is 311 g/mol. The van der Waals surface area contributed by atoms with Crippen LogP contribution in [-0.2, 0) is 17.8 Å². The fourth-order valence-corrected chi connectivity index (χ4v) is 2.62. The maximum atomic E-state index is 12.7. The van der Waals surface area contributed by atoms with Gasteiger partial charge in [0, 0.05) is 24.6 Å².